The molecular formula is C53H46N2O4. The second-order valence-corrected chi connectivity index (χ2v) is 17.7. The second-order valence-electron chi connectivity index (χ2n) is 17.7. The molecule has 0 saturated heterocycles. The highest BCUT2D eigenvalue weighted by Crippen LogP contribution is 2.57. The lowest BCUT2D eigenvalue weighted by Crippen LogP contribution is -2.47. The van der Waals surface area contributed by atoms with Crippen LogP contribution in [0.2, 0.25) is 0 Å². The van der Waals surface area contributed by atoms with Gasteiger partial charge in [-0.2, -0.15) is 0 Å². The standard InChI is InChI=1S/C53H46N2O4/c1-8-52(6,7)55-49(58)42-28-24-37(31-44(42)50(55)59)53(45-15-11-9-13-39(45)40-14-10-12-16-46(40)53)36-23-27-41-43(30-36)48(57)54(47(41)56)38-25-17-33(18-26-38)29-32(2)34-19-21-35(22-20-34)51(3,4)5/h9-31H,8H2,1-7H3/b32-29+. The normalized spacial score (nSPS) is 15.7. The molecule has 3 aliphatic rings. The minimum absolute atomic E-state index is 0.0767. The Morgan fingerprint density at radius 3 is 1.59 bits per heavy atom. The Morgan fingerprint density at radius 2 is 1.05 bits per heavy atom. The average molecular weight is 775 g/mol. The Labute approximate surface area is 345 Å². The molecule has 0 fully saturated rings. The number of nitrogens with zero attached hydrogens (tertiary/aromatic N) is 2. The summed E-state index contributed by atoms with van der Waals surface area (Å²) in [6, 6.07) is 43.7. The smallest absolute Gasteiger partial charge is 0.266 e. The number of hydrogen-bond donors (Lipinski definition) is 0. The third-order valence-electron chi connectivity index (χ3n) is 12.8. The summed E-state index contributed by atoms with van der Waals surface area (Å²) in [6.07, 6.45) is 2.72. The average Bonchev–Trinajstić information content (AvgIpc) is 3.78. The highest BCUT2D eigenvalue weighted by molar-refractivity contribution is 6.34. The lowest BCUT2D eigenvalue weighted by Gasteiger charge is -2.34. The van der Waals surface area contributed by atoms with Crippen LogP contribution in [0.3, 0.4) is 0 Å². The zero-order chi connectivity index (χ0) is 41.6. The predicted molar refractivity (Wildman–Crippen MR) is 235 cm³/mol. The lowest BCUT2D eigenvalue weighted by molar-refractivity contribution is 0.0474. The summed E-state index contributed by atoms with van der Waals surface area (Å²) in [5.74, 6) is -1.38. The maximum absolute atomic E-state index is 14.4. The Kier molecular flexibility index (Phi) is 8.64. The van der Waals surface area contributed by atoms with Gasteiger partial charge in [0.15, 0.2) is 0 Å². The first-order chi connectivity index (χ1) is 28.2. The number of benzene rings is 6. The first-order valence-corrected chi connectivity index (χ1v) is 20.3. The SMILES string of the molecule is CCC(C)(C)N1C(=O)c2ccc(C3(c4ccc5c(c4)C(=O)N(c4ccc(/C=C(\C)c6ccc(C(C)(C)C)cc6)cc4)C5=O)c4ccccc4-c4ccccc43)cc2C1=O. The summed E-state index contributed by atoms with van der Waals surface area (Å²) in [4.78, 5) is 59.0. The number of carbonyl (C=O) groups excluding carboxylic acids is 4. The maximum Gasteiger partial charge on any atom is 0.266 e. The summed E-state index contributed by atoms with van der Waals surface area (Å²) in [6.45, 7) is 14.5. The number of hydrogen-bond acceptors (Lipinski definition) is 4. The zero-order valence-electron chi connectivity index (χ0n) is 34.5. The van der Waals surface area contributed by atoms with Crippen LogP contribution in [0.4, 0.5) is 5.69 Å². The summed E-state index contributed by atoms with van der Waals surface area (Å²) in [5.41, 5.74) is 10.4. The van der Waals surface area contributed by atoms with Gasteiger partial charge in [0.05, 0.1) is 33.4 Å². The third kappa shape index (κ3) is 5.68. The van der Waals surface area contributed by atoms with Gasteiger partial charge in [-0.1, -0.05) is 131 Å². The van der Waals surface area contributed by atoms with Crippen LogP contribution in [-0.4, -0.2) is 34.1 Å². The molecule has 0 N–H and O–H groups in total. The molecule has 6 aromatic carbocycles. The molecule has 59 heavy (non-hydrogen) atoms. The minimum Gasteiger partial charge on any atom is -0.269 e. The molecule has 1 aliphatic carbocycles. The van der Waals surface area contributed by atoms with Crippen molar-refractivity contribution in [2.45, 2.75) is 71.3 Å². The molecule has 9 rings (SSSR count). The highest BCUT2D eigenvalue weighted by Gasteiger charge is 2.50. The Bertz CT molecular complexity index is 2760. The fraction of sp³-hybridized carbons (Fsp3) is 0.208. The van der Waals surface area contributed by atoms with Crippen molar-refractivity contribution < 1.29 is 19.2 Å². The van der Waals surface area contributed by atoms with E-state index < -0.39 is 16.9 Å². The summed E-state index contributed by atoms with van der Waals surface area (Å²) in [5, 5.41) is 0. The van der Waals surface area contributed by atoms with E-state index in [0.29, 0.717) is 34.4 Å². The Hall–Kier alpha value is -6.66. The zero-order valence-corrected chi connectivity index (χ0v) is 34.5. The van der Waals surface area contributed by atoms with Crippen molar-refractivity contribution in [1.29, 1.82) is 0 Å². The van der Waals surface area contributed by atoms with Crippen molar-refractivity contribution in [3.05, 3.63) is 195 Å². The van der Waals surface area contributed by atoms with E-state index in [0.717, 1.165) is 50.1 Å². The first kappa shape index (κ1) is 37.9. The van der Waals surface area contributed by atoms with Crippen molar-refractivity contribution in [2.24, 2.45) is 0 Å². The molecule has 6 aromatic rings. The van der Waals surface area contributed by atoms with Crippen LogP contribution in [0.1, 0.15) is 135 Å². The van der Waals surface area contributed by atoms with Crippen LogP contribution < -0.4 is 4.90 Å². The topological polar surface area (TPSA) is 74.8 Å². The van der Waals surface area contributed by atoms with Crippen molar-refractivity contribution in [1.82, 2.24) is 4.90 Å². The number of amides is 4. The van der Waals surface area contributed by atoms with E-state index in [1.807, 2.05) is 93.6 Å². The summed E-state index contributed by atoms with van der Waals surface area (Å²) < 4.78 is 0. The van der Waals surface area contributed by atoms with Gasteiger partial charge in [-0.05, 0) is 125 Å². The van der Waals surface area contributed by atoms with Crippen molar-refractivity contribution in [3.8, 4) is 11.1 Å². The fourth-order valence-corrected chi connectivity index (χ4v) is 9.20. The van der Waals surface area contributed by atoms with Gasteiger partial charge in [0, 0.05) is 5.54 Å². The van der Waals surface area contributed by atoms with Crippen molar-refractivity contribution >= 4 is 41.0 Å². The van der Waals surface area contributed by atoms with Gasteiger partial charge >= 0.3 is 0 Å². The maximum atomic E-state index is 14.4. The second kappa shape index (κ2) is 13.5. The van der Waals surface area contributed by atoms with E-state index in [4.69, 9.17) is 0 Å². The predicted octanol–water partition coefficient (Wildman–Crippen LogP) is 11.5. The first-order valence-electron chi connectivity index (χ1n) is 20.3. The fourth-order valence-electron chi connectivity index (χ4n) is 9.20. The molecule has 292 valence electrons. The molecule has 0 atom stereocenters. The van der Waals surface area contributed by atoms with Crippen molar-refractivity contribution in [3.63, 3.8) is 0 Å². The number of allylic oxidation sites excluding steroid dienone is 1. The molecule has 6 heteroatoms. The van der Waals surface area contributed by atoms with Crippen molar-refractivity contribution in [2.75, 3.05) is 4.90 Å². The molecule has 0 radical (unpaired) electrons. The van der Waals surface area contributed by atoms with Gasteiger partial charge in [-0.3, -0.25) is 24.1 Å². The molecule has 6 nitrogen and oxygen atoms in total. The molecule has 0 bridgehead atoms. The minimum atomic E-state index is -0.968. The van der Waals surface area contributed by atoms with Gasteiger partial charge in [-0.25, -0.2) is 4.90 Å². The molecule has 0 saturated carbocycles. The molecule has 0 aromatic heterocycles. The van der Waals surface area contributed by atoms with E-state index in [-0.39, 0.29) is 23.1 Å². The Balaban J connectivity index is 1.12. The van der Waals surface area contributed by atoms with Crippen LogP contribution in [0.5, 0.6) is 0 Å². The summed E-state index contributed by atoms with van der Waals surface area (Å²) >= 11 is 0. The quantitative estimate of drug-likeness (QED) is 0.119. The van der Waals surface area contributed by atoms with Gasteiger partial charge in [0.2, 0.25) is 0 Å². The van der Waals surface area contributed by atoms with Crippen LogP contribution >= 0.6 is 0 Å². The highest BCUT2D eigenvalue weighted by atomic mass is 16.2. The van der Waals surface area contributed by atoms with Gasteiger partial charge in [0.25, 0.3) is 23.6 Å². The molecule has 0 spiro atoms. The summed E-state index contributed by atoms with van der Waals surface area (Å²) in [7, 11) is 0. The van der Waals surface area contributed by atoms with Gasteiger partial charge in [-0.15, -0.1) is 0 Å². The number of anilines is 1. The molecule has 4 amide bonds. The van der Waals surface area contributed by atoms with Crippen LogP contribution in [0, 0.1) is 0 Å². The van der Waals surface area contributed by atoms with Crippen LogP contribution in [0.15, 0.2) is 133 Å². The number of rotatable bonds is 7. The largest absolute Gasteiger partial charge is 0.269 e. The third-order valence-corrected chi connectivity index (χ3v) is 12.8. The van der Waals surface area contributed by atoms with E-state index in [9.17, 15) is 19.2 Å². The number of fused-ring (bicyclic) bond motifs is 5. The molecular weight excluding hydrogens is 729 g/mol. The van der Waals surface area contributed by atoms with E-state index in [1.165, 1.54) is 15.4 Å². The van der Waals surface area contributed by atoms with Crippen LogP contribution in [0.25, 0.3) is 22.8 Å². The lowest BCUT2D eigenvalue weighted by atomic mass is 9.67. The molecule has 2 aliphatic heterocycles. The molecule has 0 unspecified atom stereocenters. The van der Waals surface area contributed by atoms with E-state index in [2.05, 4.69) is 82.3 Å². The van der Waals surface area contributed by atoms with Gasteiger partial charge < -0.3 is 0 Å². The van der Waals surface area contributed by atoms with Gasteiger partial charge in [0.1, 0.15) is 0 Å². The van der Waals surface area contributed by atoms with E-state index in [1.54, 1.807) is 12.1 Å². The molecule has 2 heterocycles. The number of carbonyl (C=O) groups is 4. The van der Waals surface area contributed by atoms with Crippen LogP contribution in [-0.2, 0) is 10.8 Å². The van der Waals surface area contributed by atoms with E-state index >= 15 is 0 Å². The number of imide groups is 2. The Morgan fingerprint density at radius 1 is 0.559 bits per heavy atom. The monoisotopic (exact) mass is 774 g/mol.